The largest absolute Gasteiger partial charge is 0.376 e. The van der Waals surface area contributed by atoms with Crippen molar-refractivity contribution < 1.29 is 9.53 Å². The summed E-state index contributed by atoms with van der Waals surface area (Å²) < 4.78 is 5.80. The summed E-state index contributed by atoms with van der Waals surface area (Å²) in [6, 6.07) is 11.7. The molecule has 2 N–H and O–H groups in total. The van der Waals surface area contributed by atoms with Crippen LogP contribution in [-0.2, 0) is 9.53 Å². The number of benzene rings is 1. The van der Waals surface area contributed by atoms with Crippen molar-refractivity contribution in [1.82, 2.24) is 10.6 Å². The fourth-order valence-corrected chi connectivity index (χ4v) is 4.56. The zero-order chi connectivity index (χ0) is 16.5. The molecular weight excluding hydrogens is 302 g/mol. The number of hydrogen-bond acceptors (Lipinski definition) is 4. The summed E-state index contributed by atoms with van der Waals surface area (Å²) in [5, 5.41) is 6.92. The first-order valence-electron chi connectivity index (χ1n) is 9.17. The van der Waals surface area contributed by atoms with Gasteiger partial charge in [-0.1, -0.05) is 18.2 Å². The molecule has 0 spiro atoms. The highest BCUT2D eigenvalue weighted by molar-refractivity contribution is 5.73. The third kappa shape index (κ3) is 3.03. The van der Waals surface area contributed by atoms with Gasteiger partial charge in [0.25, 0.3) is 0 Å². The van der Waals surface area contributed by atoms with Crippen LogP contribution in [0.25, 0.3) is 0 Å². The summed E-state index contributed by atoms with van der Waals surface area (Å²) in [4.78, 5) is 13.9. The Labute approximate surface area is 143 Å². The molecule has 2 heterocycles. The zero-order valence-corrected chi connectivity index (χ0v) is 14.3. The van der Waals surface area contributed by atoms with Gasteiger partial charge in [0.2, 0.25) is 5.91 Å². The predicted molar refractivity (Wildman–Crippen MR) is 94.1 cm³/mol. The number of hydrogen-bond donors (Lipinski definition) is 2. The molecule has 0 radical (unpaired) electrons. The number of piperidine rings is 1. The van der Waals surface area contributed by atoms with Crippen molar-refractivity contribution >= 4 is 11.6 Å². The molecule has 1 saturated carbocycles. The summed E-state index contributed by atoms with van der Waals surface area (Å²) in [5.41, 5.74) is 1.32. The van der Waals surface area contributed by atoms with E-state index in [2.05, 4.69) is 45.9 Å². The number of para-hydroxylation sites is 1. The molecule has 5 heteroatoms. The highest BCUT2D eigenvalue weighted by Gasteiger charge is 2.54. The number of anilines is 1. The number of fused-ring (bicyclic) bond motifs is 1. The van der Waals surface area contributed by atoms with Crippen molar-refractivity contribution in [2.24, 2.45) is 5.92 Å². The molecule has 1 aromatic rings. The van der Waals surface area contributed by atoms with E-state index in [0.717, 1.165) is 39.0 Å². The standard InChI is InChI=1S/C19H27N3O2/c1-13(23)20-18-17(16-9-12-24-19(16)18)21-14-7-10-22(11-8-14)15-5-3-2-4-6-15/h2-6,14,16-19,21H,7-12H2,1H3,(H,20,23)/t16-,17+,18-,19-/m0/s1. The molecule has 24 heavy (non-hydrogen) atoms. The maximum atomic E-state index is 11.5. The molecular formula is C19H27N3O2. The van der Waals surface area contributed by atoms with Crippen LogP contribution >= 0.6 is 0 Å². The van der Waals surface area contributed by atoms with Gasteiger partial charge in [-0.05, 0) is 31.4 Å². The minimum absolute atomic E-state index is 0.0413. The van der Waals surface area contributed by atoms with Crippen LogP contribution in [0.5, 0.6) is 0 Å². The van der Waals surface area contributed by atoms with Gasteiger partial charge in [0, 0.05) is 50.3 Å². The van der Waals surface area contributed by atoms with Gasteiger partial charge in [-0.3, -0.25) is 4.79 Å². The van der Waals surface area contributed by atoms with E-state index in [1.165, 1.54) is 5.69 Å². The smallest absolute Gasteiger partial charge is 0.217 e. The highest BCUT2D eigenvalue weighted by atomic mass is 16.5. The molecule has 2 saturated heterocycles. The molecule has 1 aliphatic carbocycles. The molecule has 3 fully saturated rings. The van der Waals surface area contributed by atoms with E-state index in [0.29, 0.717) is 18.0 Å². The average Bonchev–Trinajstić information content (AvgIpc) is 3.04. The lowest BCUT2D eigenvalue weighted by Gasteiger charge is -2.50. The van der Waals surface area contributed by atoms with Crippen LogP contribution in [0.1, 0.15) is 26.2 Å². The number of nitrogens with zero attached hydrogens (tertiary/aromatic N) is 1. The first-order chi connectivity index (χ1) is 11.7. The van der Waals surface area contributed by atoms with Crippen LogP contribution in [-0.4, -0.2) is 49.8 Å². The molecule has 1 amide bonds. The molecule has 4 rings (SSSR count). The fourth-order valence-electron chi connectivity index (χ4n) is 4.56. The summed E-state index contributed by atoms with van der Waals surface area (Å²) in [6.45, 7) is 4.60. The lowest BCUT2D eigenvalue weighted by Crippen LogP contribution is -2.71. The van der Waals surface area contributed by atoms with Crippen LogP contribution in [0.4, 0.5) is 5.69 Å². The average molecular weight is 329 g/mol. The van der Waals surface area contributed by atoms with Crippen LogP contribution < -0.4 is 15.5 Å². The van der Waals surface area contributed by atoms with Crippen molar-refractivity contribution in [2.75, 3.05) is 24.6 Å². The quantitative estimate of drug-likeness (QED) is 0.880. The number of amides is 1. The minimum Gasteiger partial charge on any atom is -0.376 e. The topological polar surface area (TPSA) is 53.6 Å². The first kappa shape index (κ1) is 15.9. The van der Waals surface area contributed by atoms with Gasteiger partial charge in [0.1, 0.15) is 0 Å². The van der Waals surface area contributed by atoms with Crippen molar-refractivity contribution in [3.05, 3.63) is 30.3 Å². The maximum Gasteiger partial charge on any atom is 0.217 e. The molecule has 4 atom stereocenters. The number of ether oxygens (including phenoxy) is 1. The van der Waals surface area contributed by atoms with E-state index in [-0.39, 0.29) is 18.1 Å². The molecule has 0 unspecified atom stereocenters. The Morgan fingerprint density at radius 3 is 2.58 bits per heavy atom. The second-order valence-electron chi connectivity index (χ2n) is 7.30. The van der Waals surface area contributed by atoms with Crippen molar-refractivity contribution in [3.8, 4) is 0 Å². The second-order valence-corrected chi connectivity index (χ2v) is 7.30. The fraction of sp³-hybridized carbons (Fsp3) is 0.632. The Morgan fingerprint density at radius 1 is 1.12 bits per heavy atom. The van der Waals surface area contributed by atoms with Crippen LogP contribution in [0.2, 0.25) is 0 Å². The number of carbonyl (C=O) groups is 1. The van der Waals surface area contributed by atoms with Gasteiger partial charge in [-0.25, -0.2) is 0 Å². The summed E-state index contributed by atoms with van der Waals surface area (Å²) in [7, 11) is 0. The van der Waals surface area contributed by atoms with E-state index in [1.807, 2.05) is 0 Å². The molecule has 0 bridgehead atoms. The Hall–Kier alpha value is -1.59. The third-order valence-corrected chi connectivity index (χ3v) is 5.80. The van der Waals surface area contributed by atoms with Crippen molar-refractivity contribution in [3.63, 3.8) is 0 Å². The van der Waals surface area contributed by atoms with Gasteiger partial charge in [0.05, 0.1) is 12.1 Å². The van der Waals surface area contributed by atoms with Crippen molar-refractivity contribution in [1.29, 1.82) is 0 Å². The Balaban J connectivity index is 1.32. The minimum atomic E-state index is 0.0413. The van der Waals surface area contributed by atoms with Crippen molar-refractivity contribution in [2.45, 2.75) is 50.4 Å². The maximum absolute atomic E-state index is 11.5. The van der Waals surface area contributed by atoms with Crippen LogP contribution in [0, 0.1) is 5.92 Å². The number of carbonyl (C=O) groups excluding carboxylic acids is 1. The molecule has 0 aromatic heterocycles. The van der Waals surface area contributed by atoms with Gasteiger partial charge in [0.15, 0.2) is 0 Å². The first-order valence-corrected chi connectivity index (χ1v) is 9.17. The van der Waals surface area contributed by atoms with E-state index < -0.39 is 0 Å². The van der Waals surface area contributed by atoms with E-state index >= 15 is 0 Å². The monoisotopic (exact) mass is 329 g/mol. The molecule has 3 aliphatic rings. The van der Waals surface area contributed by atoms with E-state index in [1.54, 1.807) is 6.92 Å². The lowest BCUT2D eigenvalue weighted by atomic mass is 9.71. The molecule has 1 aromatic carbocycles. The van der Waals surface area contributed by atoms with Gasteiger partial charge in [-0.15, -0.1) is 0 Å². The Kier molecular flexibility index (Phi) is 4.46. The molecule has 2 aliphatic heterocycles. The van der Waals surface area contributed by atoms with Gasteiger partial charge in [-0.2, -0.15) is 0 Å². The Bertz CT molecular complexity index is 571. The summed E-state index contributed by atoms with van der Waals surface area (Å²) >= 11 is 0. The van der Waals surface area contributed by atoms with Gasteiger partial charge >= 0.3 is 0 Å². The van der Waals surface area contributed by atoms with Gasteiger partial charge < -0.3 is 20.3 Å². The second kappa shape index (κ2) is 6.73. The van der Waals surface area contributed by atoms with Crippen LogP contribution in [0.15, 0.2) is 30.3 Å². The predicted octanol–water partition coefficient (Wildman–Crippen LogP) is 1.54. The van der Waals surface area contributed by atoms with E-state index in [4.69, 9.17) is 4.74 Å². The molecule has 5 nitrogen and oxygen atoms in total. The summed E-state index contributed by atoms with van der Waals surface area (Å²) in [6.07, 6.45) is 3.63. The SMILES string of the molecule is CC(=O)N[C@H]1[C@H](NC2CCN(c3ccccc3)CC2)[C@@H]2CCO[C@@H]21. The molecule has 130 valence electrons. The number of nitrogens with one attached hydrogen (secondary N) is 2. The zero-order valence-electron chi connectivity index (χ0n) is 14.3. The summed E-state index contributed by atoms with van der Waals surface area (Å²) in [5.74, 6) is 0.605. The number of rotatable bonds is 4. The Morgan fingerprint density at radius 2 is 1.88 bits per heavy atom. The van der Waals surface area contributed by atoms with E-state index in [9.17, 15) is 4.79 Å². The third-order valence-electron chi connectivity index (χ3n) is 5.80. The van der Waals surface area contributed by atoms with Crippen LogP contribution in [0.3, 0.4) is 0 Å². The normalized spacial score (nSPS) is 33.0. The highest BCUT2D eigenvalue weighted by Crippen LogP contribution is 2.39. The lowest BCUT2D eigenvalue weighted by molar-refractivity contribution is -0.124.